The average Bonchev–Trinajstić information content (AvgIpc) is 2.86. The second kappa shape index (κ2) is 10.5. The van der Waals surface area contributed by atoms with Gasteiger partial charge in [-0.15, -0.1) is 0 Å². The number of aromatic hydroxyl groups is 2. The van der Waals surface area contributed by atoms with E-state index in [1.54, 1.807) is 0 Å². The first-order chi connectivity index (χ1) is 17.4. The second-order valence-electron chi connectivity index (χ2n) is 8.60. The summed E-state index contributed by atoms with van der Waals surface area (Å²) in [6, 6.07) is 9.40. The van der Waals surface area contributed by atoms with Crippen LogP contribution >= 0.6 is 0 Å². The number of benzene rings is 2. The number of allylic oxidation sites excluding steroid dienone is 2. The van der Waals surface area contributed by atoms with E-state index in [4.69, 9.17) is 4.74 Å². The fourth-order valence-electron chi connectivity index (χ4n) is 4.36. The second-order valence-corrected chi connectivity index (χ2v) is 8.60. The topological polar surface area (TPSA) is 202 Å². The number of carboxylic acids is 1. The lowest BCUT2D eigenvalue weighted by Crippen LogP contribution is -2.74. The maximum absolute atomic E-state index is 13.6. The van der Waals surface area contributed by atoms with E-state index < -0.39 is 53.3 Å². The van der Waals surface area contributed by atoms with Crippen LogP contribution in [0.15, 0.2) is 54.6 Å². The van der Waals surface area contributed by atoms with Crippen LogP contribution in [0.5, 0.6) is 17.2 Å². The van der Waals surface area contributed by atoms with E-state index >= 15 is 0 Å². The van der Waals surface area contributed by atoms with Crippen molar-refractivity contribution in [2.24, 2.45) is 5.41 Å². The molecular weight excluding hydrogens is 488 g/mol. The smallest absolute Gasteiger partial charge is 0.337 e. The van der Waals surface area contributed by atoms with Gasteiger partial charge in [0.1, 0.15) is 18.0 Å². The van der Waals surface area contributed by atoms with Gasteiger partial charge in [-0.2, -0.15) is 0 Å². The van der Waals surface area contributed by atoms with Crippen molar-refractivity contribution in [3.05, 3.63) is 65.7 Å². The normalized spacial score (nSPS) is 27.9. The molecule has 196 valence electrons. The quantitative estimate of drug-likeness (QED) is 0.188. The molecule has 5 atom stereocenters. The van der Waals surface area contributed by atoms with Gasteiger partial charge in [-0.1, -0.05) is 30.4 Å². The number of aliphatic carboxylic acids is 1. The van der Waals surface area contributed by atoms with Crippen molar-refractivity contribution in [1.82, 2.24) is 0 Å². The number of rotatable bonds is 8. The minimum atomic E-state index is -3.31. The molecule has 0 amide bonds. The van der Waals surface area contributed by atoms with Crippen LogP contribution in [0.2, 0.25) is 0 Å². The highest BCUT2D eigenvalue weighted by Crippen LogP contribution is 2.47. The monoisotopic (exact) mass is 514 g/mol. The molecule has 0 bridgehead atoms. The van der Waals surface area contributed by atoms with Crippen molar-refractivity contribution in [1.29, 1.82) is 0 Å². The zero-order valence-electron chi connectivity index (χ0n) is 19.6. The van der Waals surface area contributed by atoms with Crippen LogP contribution in [0.1, 0.15) is 17.5 Å². The van der Waals surface area contributed by atoms with Crippen molar-refractivity contribution >= 4 is 29.7 Å². The first-order valence-corrected chi connectivity index (χ1v) is 11.0. The van der Waals surface area contributed by atoms with E-state index in [2.05, 4.69) is 0 Å². The number of hydrogen-bond donors (Lipinski definition) is 7. The zero-order chi connectivity index (χ0) is 27.5. The first-order valence-electron chi connectivity index (χ1n) is 11.0. The summed E-state index contributed by atoms with van der Waals surface area (Å²) in [5.74, 6) is -4.99. The first kappa shape index (κ1) is 27.6. The van der Waals surface area contributed by atoms with Crippen LogP contribution in [0, 0.1) is 5.41 Å². The Bertz CT molecular complexity index is 1250. The van der Waals surface area contributed by atoms with Crippen molar-refractivity contribution in [3.8, 4) is 17.2 Å². The van der Waals surface area contributed by atoms with Gasteiger partial charge in [-0.25, -0.2) is 4.79 Å². The largest absolute Gasteiger partial charge is 0.508 e. The summed E-state index contributed by atoms with van der Waals surface area (Å²) in [7, 11) is 1.29. The summed E-state index contributed by atoms with van der Waals surface area (Å²) >= 11 is 0. The number of methoxy groups -OCH3 is 1. The molecule has 3 unspecified atom stereocenters. The lowest BCUT2D eigenvalue weighted by molar-refractivity contribution is -0.232. The molecule has 7 N–H and O–H groups in total. The minimum Gasteiger partial charge on any atom is -0.508 e. The van der Waals surface area contributed by atoms with Crippen LogP contribution < -0.4 is 4.74 Å². The molecule has 11 nitrogen and oxygen atoms in total. The van der Waals surface area contributed by atoms with Crippen LogP contribution in [0.3, 0.4) is 0 Å². The number of phenolic OH excluding ortho intramolecular Hbond substituents is 2. The summed E-state index contributed by atoms with van der Waals surface area (Å²) in [5.41, 5.74) is -5.84. The molecule has 1 fully saturated rings. The molecule has 0 saturated heterocycles. The molecule has 0 heterocycles. The Balaban J connectivity index is 2.15. The number of carboxylic acid groups (broad SMARTS) is 1. The van der Waals surface area contributed by atoms with Gasteiger partial charge in [0, 0.05) is 6.42 Å². The number of phenols is 2. The molecule has 37 heavy (non-hydrogen) atoms. The predicted molar refractivity (Wildman–Crippen MR) is 129 cm³/mol. The number of ether oxygens (including phenoxy) is 1. The van der Waals surface area contributed by atoms with Gasteiger partial charge in [-0.05, 0) is 47.5 Å². The molecule has 2 aromatic carbocycles. The molecule has 3 rings (SSSR count). The molecule has 11 heteroatoms. The minimum absolute atomic E-state index is 0.0514. The third kappa shape index (κ3) is 4.85. The van der Waals surface area contributed by atoms with Crippen molar-refractivity contribution in [3.63, 3.8) is 0 Å². The van der Waals surface area contributed by atoms with E-state index in [-0.39, 0.29) is 22.8 Å². The van der Waals surface area contributed by atoms with Crippen LogP contribution in [0.4, 0.5) is 0 Å². The Kier molecular flexibility index (Phi) is 7.84. The average molecular weight is 514 g/mol. The number of carbonyl (C=O) groups excluding carboxylic acids is 2. The van der Waals surface area contributed by atoms with E-state index in [0.717, 1.165) is 24.3 Å². The standard InChI is InChI=1S/C26H26O11/c1-37-19-12-15(4-9-17(19)28)6-11-21(31)26(20(30)10-5-14-2-7-16(27)8-3-14)23(33)22(32)18(29)13-25(26,36)24(34)35/h2-12,18,22-23,27-29,32-33,36H,13H2,1H3,(H,34,35)/b10-5+,11-6+/t18-,22?,23+,25?,26?/m1/s1. The van der Waals surface area contributed by atoms with Gasteiger partial charge < -0.3 is 40.5 Å². The van der Waals surface area contributed by atoms with Crippen molar-refractivity contribution in [2.45, 2.75) is 30.3 Å². The molecule has 1 saturated carbocycles. The summed E-state index contributed by atoms with van der Waals surface area (Å²) in [4.78, 5) is 39.3. The summed E-state index contributed by atoms with van der Waals surface area (Å²) in [6.45, 7) is 0. The fraction of sp³-hybridized carbons (Fsp3) is 0.269. The van der Waals surface area contributed by atoms with E-state index in [0.29, 0.717) is 5.56 Å². The number of ketones is 2. The van der Waals surface area contributed by atoms with Gasteiger partial charge in [0.05, 0.1) is 13.2 Å². The SMILES string of the molecule is COc1cc(/C=C/C(=O)C2(C(=O)/C=C/c3ccc(O)cc3)[C@@H](O)C(O)[C@H](O)CC2(O)C(=O)O)ccc1O. The Morgan fingerprint density at radius 3 is 2.00 bits per heavy atom. The van der Waals surface area contributed by atoms with Crippen LogP contribution in [-0.4, -0.2) is 84.3 Å². The van der Waals surface area contributed by atoms with Crippen LogP contribution in [-0.2, 0) is 14.4 Å². The predicted octanol–water partition coefficient (Wildman–Crippen LogP) is 0.260. The third-order valence-electron chi connectivity index (χ3n) is 6.40. The molecule has 1 aliphatic rings. The Morgan fingerprint density at radius 2 is 1.46 bits per heavy atom. The maximum Gasteiger partial charge on any atom is 0.337 e. The number of carbonyl (C=O) groups is 3. The number of aliphatic hydroxyl groups excluding tert-OH is 3. The van der Waals surface area contributed by atoms with Crippen LogP contribution in [0.25, 0.3) is 12.2 Å². The van der Waals surface area contributed by atoms with Crippen molar-refractivity contribution in [2.75, 3.05) is 7.11 Å². The van der Waals surface area contributed by atoms with Gasteiger partial charge in [0.2, 0.25) is 0 Å². The Morgan fingerprint density at radius 1 is 0.919 bits per heavy atom. The van der Waals surface area contributed by atoms with Gasteiger partial charge in [0.15, 0.2) is 34.1 Å². The summed E-state index contributed by atoms with van der Waals surface area (Å²) in [6.07, 6.45) is -3.93. The number of aliphatic hydroxyl groups is 4. The highest BCUT2D eigenvalue weighted by atomic mass is 16.5. The van der Waals surface area contributed by atoms with E-state index in [1.165, 1.54) is 49.6 Å². The van der Waals surface area contributed by atoms with Gasteiger partial charge >= 0.3 is 5.97 Å². The molecule has 0 spiro atoms. The van der Waals surface area contributed by atoms with E-state index in [1.807, 2.05) is 0 Å². The Labute approximate surface area is 210 Å². The lowest BCUT2D eigenvalue weighted by atomic mass is 9.55. The molecule has 0 aliphatic heterocycles. The highest BCUT2D eigenvalue weighted by Gasteiger charge is 2.72. The zero-order valence-corrected chi connectivity index (χ0v) is 19.6. The maximum atomic E-state index is 13.6. The lowest BCUT2D eigenvalue weighted by Gasteiger charge is -2.50. The van der Waals surface area contributed by atoms with Gasteiger partial charge in [-0.3, -0.25) is 9.59 Å². The summed E-state index contributed by atoms with van der Waals surface area (Å²) in [5, 5.41) is 71.6. The third-order valence-corrected chi connectivity index (χ3v) is 6.40. The summed E-state index contributed by atoms with van der Waals surface area (Å²) < 4.78 is 4.99. The Hall–Kier alpha value is -4.03. The highest BCUT2D eigenvalue weighted by molar-refractivity contribution is 6.21. The van der Waals surface area contributed by atoms with Crippen molar-refractivity contribution < 1.29 is 54.9 Å². The molecular formula is C26H26O11. The fourth-order valence-corrected chi connectivity index (χ4v) is 4.36. The molecule has 1 aliphatic carbocycles. The molecule has 0 aromatic heterocycles. The van der Waals surface area contributed by atoms with E-state index in [9.17, 15) is 50.1 Å². The molecule has 0 radical (unpaired) electrons. The number of hydrogen-bond acceptors (Lipinski definition) is 10. The van der Waals surface area contributed by atoms with Gasteiger partial charge in [0.25, 0.3) is 0 Å². The molecule has 2 aromatic rings.